The smallest absolute Gasteiger partial charge is 0.263 e. The van der Waals surface area contributed by atoms with Crippen LogP contribution in [-0.4, -0.2) is 19.7 Å². The van der Waals surface area contributed by atoms with Crippen LogP contribution in [0.2, 0.25) is 5.02 Å². The molecule has 1 aliphatic carbocycles. The normalized spacial score (nSPS) is 14.3. The Balaban J connectivity index is 1.82. The standard InChI is InChI=1S/C17H15ClN4O/c1-10-7-12(16(21-20-10)11-5-6-11)8-22-9-19-14-4-2-3-13(18)15(14)17(22)23/h2-4,7,9,11H,5-6,8H2,1H3. The van der Waals surface area contributed by atoms with E-state index < -0.39 is 0 Å². The fourth-order valence-corrected chi connectivity index (χ4v) is 3.09. The summed E-state index contributed by atoms with van der Waals surface area (Å²) in [4.78, 5) is 17.1. The Morgan fingerprint density at radius 3 is 2.91 bits per heavy atom. The van der Waals surface area contributed by atoms with E-state index in [0.29, 0.717) is 28.4 Å². The Morgan fingerprint density at radius 2 is 2.13 bits per heavy atom. The van der Waals surface area contributed by atoms with Crippen molar-refractivity contribution in [2.75, 3.05) is 0 Å². The number of benzene rings is 1. The van der Waals surface area contributed by atoms with E-state index in [2.05, 4.69) is 15.2 Å². The fraction of sp³-hybridized carbons (Fsp3) is 0.294. The van der Waals surface area contributed by atoms with Gasteiger partial charge in [0.2, 0.25) is 0 Å². The van der Waals surface area contributed by atoms with E-state index in [4.69, 9.17) is 11.6 Å². The van der Waals surface area contributed by atoms with Gasteiger partial charge in [0.1, 0.15) is 0 Å². The van der Waals surface area contributed by atoms with Crippen molar-refractivity contribution in [3.05, 3.63) is 62.9 Å². The summed E-state index contributed by atoms with van der Waals surface area (Å²) < 4.78 is 1.59. The Hall–Kier alpha value is -2.27. The first-order valence-electron chi connectivity index (χ1n) is 7.60. The van der Waals surface area contributed by atoms with E-state index in [0.717, 1.165) is 29.8 Å². The molecule has 116 valence electrons. The maximum atomic E-state index is 12.7. The molecule has 1 aliphatic rings. The third-order valence-electron chi connectivity index (χ3n) is 4.13. The molecule has 0 spiro atoms. The summed E-state index contributed by atoms with van der Waals surface area (Å²) >= 11 is 6.18. The summed E-state index contributed by atoms with van der Waals surface area (Å²) in [5, 5.41) is 9.38. The van der Waals surface area contributed by atoms with E-state index in [1.807, 2.05) is 13.0 Å². The molecule has 0 amide bonds. The SMILES string of the molecule is Cc1cc(Cn2cnc3cccc(Cl)c3c2=O)c(C2CC2)nn1. The highest BCUT2D eigenvalue weighted by molar-refractivity contribution is 6.35. The summed E-state index contributed by atoms with van der Waals surface area (Å²) in [5.41, 5.74) is 3.38. The van der Waals surface area contributed by atoms with Crippen LogP contribution in [0.4, 0.5) is 0 Å². The summed E-state index contributed by atoms with van der Waals surface area (Å²) in [6.07, 6.45) is 3.86. The molecule has 3 aromatic rings. The molecule has 0 radical (unpaired) electrons. The molecule has 0 aliphatic heterocycles. The Bertz CT molecular complexity index is 962. The molecule has 2 aromatic heterocycles. The van der Waals surface area contributed by atoms with Crippen LogP contribution in [0.5, 0.6) is 0 Å². The summed E-state index contributed by atoms with van der Waals surface area (Å²) in [5.74, 6) is 0.478. The van der Waals surface area contributed by atoms with Gasteiger partial charge in [0.25, 0.3) is 5.56 Å². The van der Waals surface area contributed by atoms with Gasteiger partial charge in [0.05, 0.1) is 40.2 Å². The molecule has 0 unspecified atom stereocenters. The number of aromatic nitrogens is 4. The molecule has 0 N–H and O–H groups in total. The molecule has 0 bridgehead atoms. The maximum Gasteiger partial charge on any atom is 0.263 e. The van der Waals surface area contributed by atoms with Crippen LogP contribution >= 0.6 is 11.6 Å². The van der Waals surface area contributed by atoms with E-state index in [9.17, 15) is 4.79 Å². The Morgan fingerprint density at radius 1 is 1.30 bits per heavy atom. The predicted octanol–water partition coefficient (Wildman–Crippen LogP) is 3.07. The largest absolute Gasteiger partial charge is 0.294 e. The van der Waals surface area contributed by atoms with Gasteiger partial charge in [-0.1, -0.05) is 17.7 Å². The van der Waals surface area contributed by atoms with Crippen LogP contribution in [0.3, 0.4) is 0 Å². The maximum absolute atomic E-state index is 12.7. The summed E-state index contributed by atoms with van der Waals surface area (Å²) in [6.45, 7) is 2.35. The first-order valence-corrected chi connectivity index (χ1v) is 7.98. The van der Waals surface area contributed by atoms with Gasteiger partial charge in [0.15, 0.2) is 0 Å². The molecule has 4 rings (SSSR count). The minimum absolute atomic E-state index is 0.128. The van der Waals surface area contributed by atoms with Crippen molar-refractivity contribution in [1.29, 1.82) is 0 Å². The Kier molecular flexibility index (Phi) is 3.38. The van der Waals surface area contributed by atoms with Crippen molar-refractivity contribution in [3.8, 4) is 0 Å². The van der Waals surface area contributed by atoms with Gasteiger partial charge in [-0.3, -0.25) is 9.36 Å². The molecule has 0 atom stereocenters. The first-order chi connectivity index (χ1) is 11.1. The van der Waals surface area contributed by atoms with Gasteiger partial charge in [-0.15, -0.1) is 0 Å². The molecule has 2 heterocycles. The van der Waals surface area contributed by atoms with E-state index in [1.165, 1.54) is 0 Å². The van der Waals surface area contributed by atoms with Crippen LogP contribution in [0.25, 0.3) is 10.9 Å². The second-order valence-electron chi connectivity index (χ2n) is 5.98. The first kappa shape index (κ1) is 14.3. The third-order valence-corrected chi connectivity index (χ3v) is 4.45. The number of fused-ring (bicyclic) bond motifs is 1. The zero-order valence-electron chi connectivity index (χ0n) is 12.7. The molecule has 1 aromatic carbocycles. The summed E-state index contributed by atoms with van der Waals surface area (Å²) in [6, 6.07) is 7.30. The molecule has 1 fully saturated rings. The molecule has 5 nitrogen and oxygen atoms in total. The van der Waals surface area contributed by atoms with Crippen LogP contribution < -0.4 is 5.56 Å². The average Bonchev–Trinajstić information content (AvgIpc) is 3.35. The number of rotatable bonds is 3. The molecular formula is C17H15ClN4O. The number of hydrogen-bond donors (Lipinski definition) is 0. The minimum atomic E-state index is -0.128. The lowest BCUT2D eigenvalue weighted by Crippen LogP contribution is -2.22. The lowest BCUT2D eigenvalue weighted by atomic mass is 10.1. The monoisotopic (exact) mass is 326 g/mol. The van der Waals surface area contributed by atoms with Crippen molar-refractivity contribution in [2.45, 2.75) is 32.2 Å². The van der Waals surface area contributed by atoms with Crippen molar-refractivity contribution >= 4 is 22.5 Å². The topological polar surface area (TPSA) is 60.7 Å². The van der Waals surface area contributed by atoms with Crippen molar-refractivity contribution in [3.63, 3.8) is 0 Å². The van der Waals surface area contributed by atoms with Gasteiger partial charge in [0, 0.05) is 5.92 Å². The van der Waals surface area contributed by atoms with Gasteiger partial charge >= 0.3 is 0 Å². The number of hydrogen-bond acceptors (Lipinski definition) is 4. The average molecular weight is 327 g/mol. The third kappa shape index (κ3) is 2.61. The van der Waals surface area contributed by atoms with Gasteiger partial charge in [-0.25, -0.2) is 4.98 Å². The van der Waals surface area contributed by atoms with Crippen molar-refractivity contribution in [2.24, 2.45) is 0 Å². The zero-order chi connectivity index (χ0) is 16.0. The number of nitrogens with zero attached hydrogens (tertiary/aromatic N) is 4. The highest BCUT2D eigenvalue weighted by Gasteiger charge is 2.28. The lowest BCUT2D eigenvalue weighted by molar-refractivity contribution is 0.721. The van der Waals surface area contributed by atoms with Gasteiger partial charge in [-0.2, -0.15) is 10.2 Å². The van der Waals surface area contributed by atoms with Gasteiger partial charge < -0.3 is 0 Å². The number of halogens is 1. The van der Waals surface area contributed by atoms with Crippen LogP contribution in [-0.2, 0) is 6.54 Å². The Labute approximate surface area is 138 Å². The fourth-order valence-electron chi connectivity index (χ4n) is 2.84. The second kappa shape index (κ2) is 5.42. The minimum Gasteiger partial charge on any atom is -0.294 e. The van der Waals surface area contributed by atoms with Crippen molar-refractivity contribution in [1.82, 2.24) is 19.7 Å². The van der Waals surface area contributed by atoms with Crippen molar-refractivity contribution < 1.29 is 0 Å². The zero-order valence-corrected chi connectivity index (χ0v) is 13.4. The van der Waals surface area contributed by atoms with E-state index >= 15 is 0 Å². The molecule has 6 heteroatoms. The molecule has 1 saturated carbocycles. The molecular weight excluding hydrogens is 312 g/mol. The van der Waals surface area contributed by atoms with Crippen LogP contribution in [0.15, 0.2) is 35.4 Å². The molecule has 23 heavy (non-hydrogen) atoms. The van der Waals surface area contributed by atoms with Gasteiger partial charge in [-0.05, 0) is 43.5 Å². The highest BCUT2D eigenvalue weighted by Crippen LogP contribution is 2.40. The summed E-state index contributed by atoms with van der Waals surface area (Å²) in [7, 11) is 0. The number of aryl methyl sites for hydroxylation is 1. The quantitative estimate of drug-likeness (QED) is 0.742. The highest BCUT2D eigenvalue weighted by atomic mass is 35.5. The van der Waals surface area contributed by atoms with Crippen LogP contribution in [0.1, 0.15) is 35.7 Å². The van der Waals surface area contributed by atoms with Crippen LogP contribution in [0, 0.1) is 6.92 Å². The molecule has 0 saturated heterocycles. The predicted molar refractivity (Wildman–Crippen MR) is 88.9 cm³/mol. The lowest BCUT2D eigenvalue weighted by Gasteiger charge is -2.11. The van der Waals surface area contributed by atoms with E-state index in [1.54, 1.807) is 29.1 Å². The second-order valence-corrected chi connectivity index (χ2v) is 6.39. The van der Waals surface area contributed by atoms with E-state index in [-0.39, 0.29) is 5.56 Å².